The Hall–Kier alpha value is -2.21. The van der Waals surface area contributed by atoms with Crippen molar-refractivity contribution in [3.8, 4) is 17.1 Å². The molecule has 3 rings (SSSR count). The second-order valence-electron chi connectivity index (χ2n) is 4.91. The van der Waals surface area contributed by atoms with Crippen LogP contribution in [0.4, 0.5) is 5.69 Å². The monoisotopic (exact) mass is 343 g/mol. The average Bonchev–Trinajstić information content (AvgIpc) is 2.91. The van der Waals surface area contributed by atoms with E-state index in [1.54, 1.807) is 4.68 Å². The number of hydrogen-bond acceptors (Lipinski definition) is 4. The third-order valence-corrected chi connectivity index (χ3v) is 4.00. The minimum Gasteiger partial charge on any atom is -0.398 e. The van der Waals surface area contributed by atoms with E-state index < -0.39 is 0 Å². The maximum Gasteiger partial charge on any atom is 0.189 e. The van der Waals surface area contributed by atoms with E-state index >= 15 is 0 Å². The summed E-state index contributed by atoms with van der Waals surface area (Å²) in [5.74, 6) is 0.626. The van der Waals surface area contributed by atoms with Crippen LogP contribution in [0.3, 0.4) is 0 Å². The molecule has 0 atom stereocenters. The minimum absolute atomic E-state index is 0.626. The molecule has 0 amide bonds. The summed E-state index contributed by atoms with van der Waals surface area (Å²) >= 11 is 3.56. The zero-order valence-electron chi connectivity index (χ0n) is 11.7. The molecule has 0 fully saturated rings. The Morgan fingerprint density at radius 3 is 2.71 bits per heavy atom. The molecule has 1 aromatic heterocycles. The molecule has 0 radical (unpaired) electrons. The van der Waals surface area contributed by atoms with E-state index in [2.05, 4.69) is 31.5 Å². The summed E-state index contributed by atoms with van der Waals surface area (Å²) in [5.41, 5.74) is 10.7. The van der Waals surface area contributed by atoms with Crippen LogP contribution in [0, 0.1) is 13.8 Å². The summed E-state index contributed by atoms with van der Waals surface area (Å²) in [5, 5.41) is 12.0. The van der Waals surface area contributed by atoms with Crippen molar-refractivity contribution in [3.63, 3.8) is 0 Å². The number of benzene rings is 2. The lowest BCUT2D eigenvalue weighted by Crippen LogP contribution is -2.03. The highest BCUT2D eigenvalue weighted by Gasteiger charge is 2.15. The number of aryl methyl sites for hydroxylation is 2. The van der Waals surface area contributed by atoms with Crippen LogP contribution < -0.4 is 5.73 Å². The summed E-state index contributed by atoms with van der Waals surface area (Å²) in [7, 11) is 0. The third kappa shape index (κ3) is 2.42. The molecule has 3 aromatic rings. The zero-order chi connectivity index (χ0) is 15.0. The van der Waals surface area contributed by atoms with Gasteiger partial charge in [0.15, 0.2) is 5.82 Å². The van der Waals surface area contributed by atoms with Gasteiger partial charge in [0.25, 0.3) is 0 Å². The molecule has 0 aliphatic rings. The summed E-state index contributed by atoms with van der Waals surface area (Å²) in [6.07, 6.45) is 0. The van der Waals surface area contributed by atoms with Gasteiger partial charge in [-0.1, -0.05) is 18.2 Å². The van der Waals surface area contributed by atoms with Crippen LogP contribution in [-0.2, 0) is 0 Å². The lowest BCUT2D eigenvalue weighted by atomic mass is 10.1. The van der Waals surface area contributed by atoms with Gasteiger partial charge in [-0.15, -0.1) is 5.10 Å². The van der Waals surface area contributed by atoms with Crippen LogP contribution in [-0.4, -0.2) is 20.2 Å². The van der Waals surface area contributed by atoms with E-state index in [0.29, 0.717) is 11.5 Å². The normalized spacial score (nSPS) is 10.8. The SMILES string of the molecule is Cc1ccc(-n2nnnc2-c2cccc(C)c2N)c(Br)c1. The predicted molar refractivity (Wildman–Crippen MR) is 86.2 cm³/mol. The molecule has 0 unspecified atom stereocenters. The first-order valence-electron chi connectivity index (χ1n) is 6.48. The maximum absolute atomic E-state index is 6.16. The molecule has 106 valence electrons. The Morgan fingerprint density at radius 2 is 1.95 bits per heavy atom. The molecule has 0 aliphatic carbocycles. The van der Waals surface area contributed by atoms with E-state index in [0.717, 1.165) is 26.9 Å². The smallest absolute Gasteiger partial charge is 0.189 e. The summed E-state index contributed by atoms with van der Waals surface area (Å²) < 4.78 is 2.62. The van der Waals surface area contributed by atoms with Gasteiger partial charge >= 0.3 is 0 Å². The fourth-order valence-electron chi connectivity index (χ4n) is 2.18. The number of hydrogen-bond donors (Lipinski definition) is 1. The lowest BCUT2D eigenvalue weighted by Gasteiger charge is -2.10. The quantitative estimate of drug-likeness (QED) is 0.725. The lowest BCUT2D eigenvalue weighted by molar-refractivity contribution is 0.788. The predicted octanol–water partition coefficient (Wildman–Crippen LogP) is 3.29. The second kappa shape index (κ2) is 5.29. The molecule has 0 bridgehead atoms. The molecule has 2 N–H and O–H groups in total. The Morgan fingerprint density at radius 1 is 1.14 bits per heavy atom. The van der Waals surface area contributed by atoms with Gasteiger partial charge in [0, 0.05) is 15.7 Å². The van der Waals surface area contributed by atoms with Gasteiger partial charge in [0.1, 0.15) is 0 Å². The highest BCUT2D eigenvalue weighted by molar-refractivity contribution is 9.10. The van der Waals surface area contributed by atoms with Gasteiger partial charge in [-0.2, -0.15) is 4.68 Å². The first-order valence-corrected chi connectivity index (χ1v) is 7.27. The number of para-hydroxylation sites is 1. The number of nitrogens with two attached hydrogens (primary N) is 1. The van der Waals surface area contributed by atoms with Crippen LogP contribution in [0.25, 0.3) is 17.1 Å². The Kier molecular flexibility index (Phi) is 3.47. The molecule has 0 aliphatic heterocycles. The molecule has 1 heterocycles. The van der Waals surface area contributed by atoms with Gasteiger partial charge in [-0.25, -0.2) is 0 Å². The number of nitrogens with zero attached hydrogens (tertiary/aromatic N) is 4. The molecule has 21 heavy (non-hydrogen) atoms. The van der Waals surface area contributed by atoms with Crippen molar-refractivity contribution in [1.82, 2.24) is 20.2 Å². The van der Waals surface area contributed by atoms with Crippen LogP contribution in [0.2, 0.25) is 0 Å². The molecule has 0 saturated carbocycles. The van der Waals surface area contributed by atoms with Gasteiger partial charge in [0.05, 0.1) is 5.69 Å². The summed E-state index contributed by atoms with van der Waals surface area (Å²) in [4.78, 5) is 0. The van der Waals surface area contributed by atoms with Gasteiger partial charge in [-0.05, 0) is 69.5 Å². The first kappa shape index (κ1) is 13.8. The molecule has 0 saturated heterocycles. The van der Waals surface area contributed by atoms with Crippen LogP contribution in [0.15, 0.2) is 40.9 Å². The van der Waals surface area contributed by atoms with E-state index in [9.17, 15) is 0 Å². The average molecular weight is 344 g/mol. The number of aromatic nitrogens is 4. The van der Waals surface area contributed by atoms with E-state index in [1.165, 1.54) is 0 Å². The van der Waals surface area contributed by atoms with Gasteiger partial charge < -0.3 is 5.73 Å². The summed E-state index contributed by atoms with van der Waals surface area (Å²) in [6, 6.07) is 11.9. The van der Waals surface area contributed by atoms with E-state index in [1.807, 2.05) is 50.2 Å². The van der Waals surface area contributed by atoms with Crippen molar-refractivity contribution in [2.24, 2.45) is 0 Å². The molecular weight excluding hydrogens is 330 g/mol. The maximum atomic E-state index is 6.16. The topological polar surface area (TPSA) is 69.6 Å². The van der Waals surface area contributed by atoms with E-state index in [-0.39, 0.29) is 0 Å². The number of rotatable bonds is 2. The fraction of sp³-hybridized carbons (Fsp3) is 0.133. The Labute approximate surface area is 130 Å². The van der Waals surface area contributed by atoms with Crippen molar-refractivity contribution < 1.29 is 0 Å². The summed E-state index contributed by atoms with van der Waals surface area (Å²) in [6.45, 7) is 4.00. The Bertz CT molecular complexity index is 810. The molecule has 5 nitrogen and oxygen atoms in total. The van der Waals surface area contributed by atoms with Crippen molar-refractivity contribution in [1.29, 1.82) is 0 Å². The van der Waals surface area contributed by atoms with Gasteiger partial charge in [0.2, 0.25) is 0 Å². The number of nitrogen functional groups attached to an aromatic ring is 1. The highest BCUT2D eigenvalue weighted by atomic mass is 79.9. The van der Waals surface area contributed by atoms with Crippen molar-refractivity contribution >= 4 is 21.6 Å². The minimum atomic E-state index is 0.626. The molecular formula is C15H14BrN5. The number of tetrazole rings is 1. The fourth-order valence-corrected chi connectivity index (χ4v) is 2.84. The van der Waals surface area contributed by atoms with Crippen LogP contribution in [0.5, 0.6) is 0 Å². The highest BCUT2D eigenvalue weighted by Crippen LogP contribution is 2.30. The largest absolute Gasteiger partial charge is 0.398 e. The number of anilines is 1. The third-order valence-electron chi connectivity index (χ3n) is 3.37. The molecule has 2 aromatic carbocycles. The van der Waals surface area contributed by atoms with Crippen molar-refractivity contribution in [3.05, 3.63) is 52.0 Å². The zero-order valence-corrected chi connectivity index (χ0v) is 13.3. The van der Waals surface area contributed by atoms with E-state index in [4.69, 9.17) is 5.73 Å². The van der Waals surface area contributed by atoms with Gasteiger partial charge in [-0.3, -0.25) is 0 Å². The van der Waals surface area contributed by atoms with Crippen molar-refractivity contribution in [2.45, 2.75) is 13.8 Å². The first-order chi connectivity index (χ1) is 10.1. The molecule has 6 heteroatoms. The van der Waals surface area contributed by atoms with Crippen LogP contribution >= 0.6 is 15.9 Å². The van der Waals surface area contributed by atoms with Crippen molar-refractivity contribution in [2.75, 3.05) is 5.73 Å². The standard InChI is InChI=1S/C15H14BrN5/c1-9-6-7-13(12(16)8-9)21-15(18-19-20-21)11-5-3-4-10(2)14(11)17/h3-8H,17H2,1-2H3. The van der Waals surface area contributed by atoms with Crippen LogP contribution in [0.1, 0.15) is 11.1 Å². The Balaban J connectivity index is 2.20. The number of halogens is 1. The second-order valence-corrected chi connectivity index (χ2v) is 5.76. The molecule has 0 spiro atoms.